The molecule has 0 bridgehead atoms. The quantitative estimate of drug-likeness (QED) is 0.380. The summed E-state index contributed by atoms with van der Waals surface area (Å²) in [6, 6.07) is 16.6. The first-order chi connectivity index (χ1) is 14.9. The van der Waals surface area contributed by atoms with Gasteiger partial charge in [-0.1, -0.05) is 12.1 Å². The number of fused-ring (bicyclic) bond motifs is 1. The molecule has 2 heterocycles. The van der Waals surface area contributed by atoms with Gasteiger partial charge in [-0.3, -0.25) is 0 Å². The smallest absolute Gasteiger partial charge is 0.339 e. The van der Waals surface area contributed by atoms with E-state index < -0.39 is 5.97 Å². The zero-order chi connectivity index (χ0) is 22.0. The van der Waals surface area contributed by atoms with Crippen LogP contribution in [0.2, 0.25) is 0 Å². The second kappa shape index (κ2) is 8.45. The number of thiophene rings is 1. The number of nitrogen functional groups attached to an aromatic ring is 1. The Kier molecular flexibility index (Phi) is 5.55. The van der Waals surface area contributed by atoms with Crippen molar-refractivity contribution in [1.82, 2.24) is 4.98 Å². The number of methoxy groups -OCH3 is 1. The molecule has 31 heavy (non-hydrogen) atoms. The lowest BCUT2D eigenvalue weighted by atomic mass is 10.1. The summed E-state index contributed by atoms with van der Waals surface area (Å²) < 4.78 is 5.78. The lowest BCUT2D eigenvalue weighted by Gasteiger charge is -2.08. The summed E-state index contributed by atoms with van der Waals surface area (Å²) in [5.41, 5.74) is 9.49. The van der Waals surface area contributed by atoms with Gasteiger partial charge >= 0.3 is 12.0 Å². The van der Waals surface area contributed by atoms with E-state index in [4.69, 9.17) is 10.5 Å². The van der Waals surface area contributed by atoms with E-state index in [0.29, 0.717) is 22.6 Å². The molecule has 0 aliphatic rings. The largest absolute Gasteiger partial charge is 0.465 e. The zero-order valence-corrected chi connectivity index (χ0v) is 17.7. The molecule has 0 aliphatic heterocycles. The van der Waals surface area contributed by atoms with Gasteiger partial charge in [-0.05, 0) is 60.3 Å². The molecule has 0 spiro atoms. The van der Waals surface area contributed by atoms with E-state index in [0.717, 1.165) is 26.2 Å². The van der Waals surface area contributed by atoms with Gasteiger partial charge in [0.1, 0.15) is 5.82 Å². The second-order valence-electron chi connectivity index (χ2n) is 6.96. The molecule has 0 atom stereocenters. The molecule has 0 radical (unpaired) electrons. The van der Waals surface area contributed by atoms with Crippen molar-refractivity contribution in [2.75, 3.05) is 23.5 Å². The Bertz CT molecular complexity index is 1300. The molecule has 2 aromatic heterocycles. The van der Waals surface area contributed by atoms with Gasteiger partial charge in [0, 0.05) is 32.7 Å². The van der Waals surface area contributed by atoms with Crippen molar-refractivity contribution >= 4 is 50.6 Å². The number of nitrogens with two attached hydrogens (primary N) is 1. The number of hydrogen-bond acceptors (Lipinski definition) is 6. The van der Waals surface area contributed by atoms with E-state index in [-0.39, 0.29) is 6.03 Å². The number of esters is 1. The van der Waals surface area contributed by atoms with Crippen LogP contribution in [0, 0.1) is 6.92 Å². The van der Waals surface area contributed by atoms with Crippen molar-refractivity contribution in [3.8, 4) is 10.4 Å². The number of amides is 2. The number of hydrogen-bond donors (Lipinski definition) is 3. The van der Waals surface area contributed by atoms with E-state index in [1.54, 1.807) is 6.07 Å². The van der Waals surface area contributed by atoms with E-state index in [1.165, 1.54) is 24.6 Å². The molecule has 0 fully saturated rings. The summed E-state index contributed by atoms with van der Waals surface area (Å²) >= 11 is 1.52. The van der Waals surface area contributed by atoms with Crippen LogP contribution in [0.4, 0.5) is 22.0 Å². The number of urea groups is 1. The van der Waals surface area contributed by atoms with Crippen molar-refractivity contribution in [1.29, 1.82) is 0 Å². The lowest BCUT2D eigenvalue weighted by molar-refractivity contribution is 0.0600. The molecule has 156 valence electrons. The summed E-state index contributed by atoms with van der Waals surface area (Å²) in [6.07, 6.45) is 1.40. The first-order valence-corrected chi connectivity index (χ1v) is 10.3. The number of nitrogens with one attached hydrogen (secondary N) is 2. The number of aromatic nitrogens is 1. The topological polar surface area (TPSA) is 106 Å². The number of carbonyl (C=O) groups excluding carboxylic acids is 2. The molecule has 2 amide bonds. The van der Waals surface area contributed by atoms with E-state index in [2.05, 4.69) is 15.6 Å². The second-order valence-corrected chi connectivity index (χ2v) is 8.04. The Hall–Kier alpha value is -3.91. The minimum absolute atomic E-state index is 0.320. The van der Waals surface area contributed by atoms with E-state index >= 15 is 0 Å². The van der Waals surface area contributed by atoms with Crippen molar-refractivity contribution in [2.24, 2.45) is 0 Å². The fraction of sp³-hybridized carbons (Fsp3) is 0.0870. The van der Waals surface area contributed by atoms with Crippen LogP contribution < -0.4 is 16.4 Å². The highest BCUT2D eigenvalue weighted by molar-refractivity contribution is 7.22. The summed E-state index contributed by atoms with van der Waals surface area (Å²) in [6.45, 7) is 1.97. The van der Waals surface area contributed by atoms with Crippen LogP contribution in [0.3, 0.4) is 0 Å². The lowest BCUT2D eigenvalue weighted by Crippen LogP contribution is -2.19. The van der Waals surface area contributed by atoms with E-state index in [1.807, 2.05) is 55.5 Å². The van der Waals surface area contributed by atoms with Crippen LogP contribution >= 0.6 is 11.3 Å². The highest BCUT2D eigenvalue weighted by Crippen LogP contribution is 2.37. The van der Waals surface area contributed by atoms with Gasteiger partial charge in [-0.25, -0.2) is 14.6 Å². The van der Waals surface area contributed by atoms with Crippen molar-refractivity contribution in [2.45, 2.75) is 6.92 Å². The highest BCUT2D eigenvalue weighted by Gasteiger charge is 2.14. The summed E-state index contributed by atoms with van der Waals surface area (Å²) in [4.78, 5) is 29.2. The van der Waals surface area contributed by atoms with Gasteiger partial charge in [0.15, 0.2) is 0 Å². The van der Waals surface area contributed by atoms with Gasteiger partial charge in [0.25, 0.3) is 0 Å². The molecule has 0 saturated carbocycles. The fourth-order valence-electron chi connectivity index (χ4n) is 3.17. The maximum absolute atomic E-state index is 12.3. The summed E-state index contributed by atoms with van der Waals surface area (Å²) in [5.74, 6) is -0.143. The number of anilines is 3. The minimum Gasteiger partial charge on any atom is -0.465 e. The maximum atomic E-state index is 12.3. The number of rotatable bonds is 4. The number of benzene rings is 2. The Balaban J connectivity index is 1.57. The number of ether oxygens (including phenoxy) is 1. The summed E-state index contributed by atoms with van der Waals surface area (Å²) in [7, 11) is 1.32. The molecular formula is C23H20N4O3S. The Morgan fingerprint density at radius 3 is 2.55 bits per heavy atom. The van der Waals surface area contributed by atoms with Crippen LogP contribution in [0.5, 0.6) is 0 Å². The standard InChI is InChI=1S/C23H20N4O3S/c1-13-4-3-5-16(8-13)26-23(29)27-17-6-7-19-14(9-17)11-20(31-19)18-10-15(22(28)30-2)12-25-21(18)24/h3-12H,1-2H3,(H2,24,25)(H2,26,27,29). The fourth-order valence-corrected chi connectivity index (χ4v) is 4.24. The van der Waals surface area contributed by atoms with Crippen LogP contribution in [-0.4, -0.2) is 24.1 Å². The average molecular weight is 433 g/mol. The third-order valence-electron chi connectivity index (χ3n) is 4.66. The Morgan fingerprint density at radius 1 is 1.03 bits per heavy atom. The van der Waals surface area contributed by atoms with Gasteiger partial charge in [-0.2, -0.15) is 0 Å². The molecule has 8 heteroatoms. The van der Waals surface area contributed by atoms with Crippen LogP contribution in [0.25, 0.3) is 20.5 Å². The van der Waals surface area contributed by atoms with Crippen molar-refractivity contribution in [3.63, 3.8) is 0 Å². The molecule has 4 N–H and O–H groups in total. The molecule has 0 unspecified atom stereocenters. The normalized spacial score (nSPS) is 10.6. The Labute approximate surface area is 182 Å². The molecular weight excluding hydrogens is 412 g/mol. The third kappa shape index (κ3) is 4.49. The molecule has 7 nitrogen and oxygen atoms in total. The van der Waals surface area contributed by atoms with Crippen molar-refractivity contribution < 1.29 is 14.3 Å². The highest BCUT2D eigenvalue weighted by atomic mass is 32.1. The van der Waals surface area contributed by atoms with Crippen molar-refractivity contribution in [3.05, 3.63) is 71.9 Å². The summed E-state index contributed by atoms with van der Waals surface area (Å²) in [5, 5.41) is 6.62. The molecule has 2 aromatic carbocycles. The van der Waals surface area contributed by atoms with Crippen LogP contribution in [0.15, 0.2) is 60.8 Å². The number of nitrogens with zero attached hydrogens (tertiary/aromatic N) is 1. The predicted molar refractivity (Wildman–Crippen MR) is 125 cm³/mol. The number of aryl methyl sites for hydroxylation is 1. The zero-order valence-electron chi connectivity index (χ0n) is 16.9. The van der Waals surface area contributed by atoms with Gasteiger partial charge < -0.3 is 21.1 Å². The molecule has 0 saturated heterocycles. The Morgan fingerprint density at radius 2 is 1.81 bits per heavy atom. The third-order valence-corrected chi connectivity index (χ3v) is 5.80. The first kappa shape index (κ1) is 20.4. The maximum Gasteiger partial charge on any atom is 0.339 e. The van der Waals surface area contributed by atoms with E-state index in [9.17, 15) is 9.59 Å². The molecule has 4 rings (SSSR count). The first-order valence-electron chi connectivity index (χ1n) is 9.45. The monoisotopic (exact) mass is 432 g/mol. The minimum atomic E-state index is -0.471. The molecule has 0 aliphatic carbocycles. The van der Waals surface area contributed by atoms with Gasteiger partial charge in [-0.15, -0.1) is 11.3 Å². The predicted octanol–water partition coefficient (Wildman–Crippen LogP) is 5.28. The number of carbonyl (C=O) groups is 2. The number of pyridine rings is 1. The average Bonchev–Trinajstić information content (AvgIpc) is 3.16. The van der Waals surface area contributed by atoms with Crippen LogP contribution in [0.1, 0.15) is 15.9 Å². The molecule has 4 aromatic rings. The van der Waals surface area contributed by atoms with Gasteiger partial charge in [0.2, 0.25) is 0 Å². The van der Waals surface area contributed by atoms with Crippen LogP contribution in [-0.2, 0) is 4.74 Å². The van der Waals surface area contributed by atoms with Gasteiger partial charge in [0.05, 0.1) is 12.7 Å². The SMILES string of the molecule is COC(=O)c1cnc(N)c(-c2cc3cc(NC(=O)Nc4cccc(C)c4)ccc3s2)c1.